The van der Waals surface area contributed by atoms with Crippen LogP contribution in [0.25, 0.3) is 11.3 Å². The highest BCUT2D eigenvalue weighted by Gasteiger charge is 2.15. The van der Waals surface area contributed by atoms with Crippen molar-refractivity contribution < 1.29 is 13.9 Å². The summed E-state index contributed by atoms with van der Waals surface area (Å²) in [6.07, 6.45) is -0.610. The van der Waals surface area contributed by atoms with E-state index in [4.69, 9.17) is 4.74 Å². The first-order valence-corrected chi connectivity index (χ1v) is 8.67. The van der Waals surface area contributed by atoms with E-state index in [9.17, 15) is 9.18 Å². The molecule has 0 fully saturated rings. The third-order valence-corrected chi connectivity index (χ3v) is 4.32. The Labute approximate surface area is 149 Å². The molecular weight excluding hydrogens is 339 g/mol. The van der Waals surface area contributed by atoms with Gasteiger partial charge in [0.15, 0.2) is 5.13 Å². The van der Waals surface area contributed by atoms with Crippen molar-refractivity contribution in [2.75, 3.05) is 5.32 Å². The summed E-state index contributed by atoms with van der Waals surface area (Å²) in [4.78, 5) is 16.5. The Morgan fingerprint density at radius 1 is 1.24 bits per heavy atom. The van der Waals surface area contributed by atoms with Crippen molar-refractivity contribution >= 4 is 22.4 Å². The summed E-state index contributed by atoms with van der Waals surface area (Å²) >= 11 is 1.29. The monoisotopic (exact) mass is 356 g/mol. The second kappa shape index (κ2) is 8.00. The SMILES string of the molecule is C[C@@H](OCc1ccccc1)C(=O)Nc1nc(-c2cccc(F)c2)cs1. The highest BCUT2D eigenvalue weighted by molar-refractivity contribution is 7.14. The quantitative estimate of drug-likeness (QED) is 0.708. The smallest absolute Gasteiger partial charge is 0.255 e. The first kappa shape index (κ1) is 17.3. The summed E-state index contributed by atoms with van der Waals surface area (Å²) in [7, 11) is 0. The number of hydrogen-bond acceptors (Lipinski definition) is 4. The largest absolute Gasteiger partial charge is 0.364 e. The topological polar surface area (TPSA) is 51.2 Å². The predicted octanol–water partition coefficient (Wildman–Crippen LogP) is 4.49. The maximum Gasteiger partial charge on any atom is 0.255 e. The van der Waals surface area contributed by atoms with Crippen LogP contribution in [0.5, 0.6) is 0 Å². The molecule has 1 aromatic heterocycles. The molecule has 1 atom stereocenters. The molecule has 1 N–H and O–H groups in total. The van der Waals surface area contributed by atoms with Gasteiger partial charge in [-0.2, -0.15) is 0 Å². The van der Waals surface area contributed by atoms with E-state index in [1.165, 1.54) is 23.5 Å². The molecule has 1 amide bonds. The lowest BCUT2D eigenvalue weighted by Gasteiger charge is -2.12. The van der Waals surface area contributed by atoms with Crippen LogP contribution < -0.4 is 5.32 Å². The zero-order valence-electron chi connectivity index (χ0n) is 13.6. The zero-order chi connectivity index (χ0) is 17.6. The summed E-state index contributed by atoms with van der Waals surface area (Å²) < 4.78 is 18.9. The van der Waals surface area contributed by atoms with Gasteiger partial charge in [-0.15, -0.1) is 11.3 Å². The highest BCUT2D eigenvalue weighted by atomic mass is 32.1. The van der Waals surface area contributed by atoms with Crippen LogP contribution in [-0.2, 0) is 16.1 Å². The molecule has 0 saturated heterocycles. The third kappa shape index (κ3) is 4.71. The maximum absolute atomic E-state index is 13.3. The average molecular weight is 356 g/mol. The summed E-state index contributed by atoms with van der Waals surface area (Å²) in [5, 5.41) is 4.97. The van der Waals surface area contributed by atoms with Crippen LogP contribution in [0.15, 0.2) is 60.0 Å². The van der Waals surface area contributed by atoms with Crippen molar-refractivity contribution in [1.82, 2.24) is 4.98 Å². The van der Waals surface area contributed by atoms with Gasteiger partial charge < -0.3 is 4.74 Å². The van der Waals surface area contributed by atoms with Gasteiger partial charge >= 0.3 is 0 Å². The molecule has 0 spiro atoms. The van der Waals surface area contributed by atoms with Crippen LogP contribution in [0.2, 0.25) is 0 Å². The van der Waals surface area contributed by atoms with Crippen LogP contribution in [0.1, 0.15) is 12.5 Å². The van der Waals surface area contributed by atoms with Gasteiger partial charge in [0, 0.05) is 10.9 Å². The minimum atomic E-state index is -0.610. The third-order valence-electron chi connectivity index (χ3n) is 3.57. The molecule has 3 rings (SSSR count). The van der Waals surface area contributed by atoms with Crippen molar-refractivity contribution in [1.29, 1.82) is 0 Å². The van der Waals surface area contributed by atoms with E-state index < -0.39 is 6.10 Å². The number of thiazole rings is 1. The molecule has 0 aliphatic rings. The van der Waals surface area contributed by atoms with Gasteiger partial charge in [0.1, 0.15) is 11.9 Å². The second-order valence-electron chi connectivity index (χ2n) is 5.48. The molecule has 0 unspecified atom stereocenters. The summed E-state index contributed by atoms with van der Waals surface area (Å²) in [6, 6.07) is 15.8. The number of amides is 1. The number of anilines is 1. The van der Waals surface area contributed by atoms with Crippen LogP contribution in [0.4, 0.5) is 9.52 Å². The molecule has 25 heavy (non-hydrogen) atoms. The minimum Gasteiger partial charge on any atom is -0.364 e. The summed E-state index contributed by atoms with van der Waals surface area (Å²) in [6.45, 7) is 2.06. The van der Waals surface area contributed by atoms with E-state index in [0.717, 1.165) is 5.56 Å². The number of rotatable bonds is 6. The van der Waals surface area contributed by atoms with E-state index in [1.807, 2.05) is 30.3 Å². The Balaban J connectivity index is 1.57. The number of halogens is 1. The van der Waals surface area contributed by atoms with Crippen molar-refractivity contribution in [3.05, 3.63) is 71.4 Å². The van der Waals surface area contributed by atoms with Crippen molar-refractivity contribution in [2.45, 2.75) is 19.6 Å². The van der Waals surface area contributed by atoms with E-state index in [0.29, 0.717) is 23.0 Å². The van der Waals surface area contributed by atoms with Gasteiger partial charge in [-0.3, -0.25) is 10.1 Å². The number of aromatic nitrogens is 1. The number of nitrogens with zero attached hydrogens (tertiary/aromatic N) is 1. The molecule has 6 heteroatoms. The Morgan fingerprint density at radius 2 is 2.04 bits per heavy atom. The van der Waals surface area contributed by atoms with E-state index in [-0.39, 0.29) is 11.7 Å². The second-order valence-corrected chi connectivity index (χ2v) is 6.33. The molecule has 0 radical (unpaired) electrons. The Kier molecular flexibility index (Phi) is 5.53. The zero-order valence-corrected chi connectivity index (χ0v) is 14.4. The lowest BCUT2D eigenvalue weighted by molar-refractivity contribution is -0.127. The molecular formula is C19H17FN2O2S. The Hall–Kier alpha value is -2.57. The number of carbonyl (C=O) groups excluding carboxylic acids is 1. The molecule has 0 saturated carbocycles. The lowest BCUT2D eigenvalue weighted by atomic mass is 10.2. The number of nitrogens with one attached hydrogen (secondary N) is 1. The van der Waals surface area contributed by atoms with Gasteiger partial charge in [-0.25, -0.2) is 9.37 Å². The fraction of sp³-hybridized carbons (Fsp3) is 0.158. The molecule has 2 aromatic carbocycles. The number of carbonyl (C=O) groups is 1. The van der Waals surface area contributed by atoms with E-state index in [2.05, 4.69) is 10.3 Å². The fourth-order valence-electron chi connectivity index (χ4n) is 2.19. The molecule has 3 aromatic rings. The van der Waals surface area contributed by atoms with Crippen LogP contribution in [-0.4, -0.2) is 17.0 Å². The van der Waals surface area contributed by atoms with Crippen LogP contribution in [0, 0.1) is 5.82 Å². The minimum absolute atomic E-state index is 0.268. The number of benzene rings is 2. The van der Waals surface area contributed by atoms with Crippen molar-refractivity contribution in [2.24, 2.45) is 0 Å². The molecule has 1 heterocycles. The number of hydrogen-bond donors (Lipinski definition) is 1. The van der Waals surface area contributed by atoms with Gasteiger partial charge in [0.05, 0.1) is 12.3 Å². The van der Waals surface area contributed by atoms with Crippen LogP contribution in [0.3, 0.4) is 0 Å². The Bertz CT molecular complexity index is 851. The Morgan fingerprint density at radius 3 is 2.80 bits per heavy atom. The average Bonchev–Trinajstić information content (AvgIpc) is 3.09. The number of ether oxygens (including phenoxy) is 1. The van der Waals surface area contributed by atoms with Gasteiger partial charge in [0.25, 0.3) is 5.91 Å². The predicted molar refractivity (Wildman–Crippen MR) is 96.8 cm³/mol. The summed E-state index contributed by atoms with van der Waals surface area (Å²) in [5.41, 5.74) is 2.30. The van der Waals surface area contributed by atoms with Crippen molar-refractivity contribution in [3.63, 3.8) is 0 Å². The normalized spacial score (nSPS) is 11.9. The first-order valence-electron chi connectivity index (χ1n) is 7.79. The van der Waals surface area contributed by atoms with E-state index >= 15 is 0 Å². The lowest BCUT2D eigenvalue weighted by Crippen LogP contribution is -2.27. The molecule has 4 nitrogen and oxygen atoms in total. The molecule has 0 bridgehead atoms. The van der Waals surface area contributed by atoms with Gasteiger partial charge in [-0.1, -0.05) is 42.5 Å². The maximum atomic E-state index is 13.3. The van der Waals surface area contributed by atoms with Crippen LogP contribution >= 0.6 is 11.3 Å². The van der Waals surface area contributed by atoms with Crippen molar-refractivity contribution in [3.8, 4) is 11.3 Å². The van der Waals surface area contributed by atoms with Gasteiger partial charge in [0.2, 0.25) is 0 Å². The standard InChI is InChI=1S/C19H17FN2O2S/c1-13(24-11-14-6-3-2-4-7-14)18(23)22-19-21-17(12-25-19)15-8-5-9-16(20)10-15/h2-10,12-13H,11H2,1H3,(H,21,22,23)/t13-/m1/s1. The molecule has 0 aliphatic heterocycles. The first-order chi connectivity index (χ1) is 12.1. The fourth-order valence-corrected chi connectivity index (χ4v) is 2.91. The molecule has 128 valence electrons. The highest BCUT2D eigenvalue weighted by Crippen LogP contribution is 2.25. The summed E-state index contributed by atoms with van der Waals surface area (Å²) in [5.74, 6) is -0.588. The van der Waals surface area contributed by atoms with E-state index in [1.54, 1.807) is 24.4 Å². The van der Waals surface area contributed by atoms with Gasteiger partial charge in [-0.05, 0) is 24.6 Å². The molecule has 0 aliphatic carbocycles.